The summed E-state index contributed by atoms with van der Waals surface area (Å²) in [5.41, 5.74) is 0. The van der Waals surface area contributed by atoms with E-state index in [1.54, 1.807) is 9.80 Å². The fourth-order valence-corrected chi connectivity index (χ4v) is 3.56. The molecule has 0 aromatic rings. The summed E-state index contributed by atoms with van der Waals surface area (Å²) in [7, 11) is 0. The van der Waals surface area contributed by atoms with E-state index in [0.29, 0.717) is 18.7 Å². The third kappa shape index (κ3) is 2.26. The molecule has 2 saturated heterocycles. The largest absolute Gasteiger partial charge is 0.332 e. The Balaban J connectivity index is 1.60. The van der Waals surface area contributed by atoms with Crippen molar-refractivity contribution in [3.05, 3.63) is 0 Å². The Morgan fingerprint density at radius 1 is 1.11 bits per heavy atom. The zero-order valence-electron chi connectivity index (χ0n) is 11.1. The molecule has 0 N–H and O–H groups in total. The van der Waals surface area contributed by atoms with E-state index in [1.165, 1.54) is 0 Å². The highest BCUT2D eigenvalue weighted by molar-refractivity contribution is 5.95. The van der Waals surface area contributed by atoms with Crippen molar-refractivity contribution in [1.82, 2.24) is 9.80 Å². The topological polar surface area (TPSA) is 57.7 Å². The van der Waals surface area contributed by atoms with Crippen molar-refractivity contribution >= 4 is 17.6 Å². The molecule has 2 amide bonds. The molecule has 2 unspecified atom stereocenters. The molecule has 104 valence electrons. The Labute approximate surface area is 112 Å². The molecule has 0 aromatic carbocycles. The molecule has 0 bridgehead atoms. The first-order chi connectivity index (χ1) is 9.16. The van der Waals surface area contributed by atoms with Gasteiger partial charge in [-0.05, 0) is 32.1 Å². The number of amides is 2. The number of rotatable bonds is 3. The maximum Gasteiger partial charge on any atom is 0.245 e. The molecule has 3 aliphatic rings. The van der Waals surface area contributed by atoms with Crippen molar-refractivity contribution < 1.29 is 14.4 Å². The average molecular weight is 264 g/mol. The molecule has 2 heterocycles. The predicted octanol–water partition coefficient (Wildman–Crippen LogP) is 0.579. The van der Waals surface area contributed by atoms with E-state index in [4.69, 9.17) is 0 Å². The normalized spacial score (nSPS) is 31.3. The van der Waals surface area contributed by atoms with E-state index in [1.807, 2.05) is 0 Å². The Hall–Kier alpha value is -1.39. The van der Waals surface area contributed by atoms with Gasteiger partial charge >= 0.3 is 0 Å². The fourth-order valence-electron chi connectivity index (χ4n) is 3.56. The van der Waals surface area contributed by atoms with Crippen LogP contribution in [0.4, 0.5) is 0 Å². The minimum absolute atomic E-state index is 0.0693. The van der Waals surface area contributed by atoms with Gasteiger partial charge < -0.3 is 9.80 Å². The lowest BCUT2D eigenvalue weighted by molar-refractivity contribution is -0.153. The minimum Gasteiger partial charge on any atom is -0.332 e. The van der Waals surface area contributed by atoms with Crippen LogP contribution in [0.3, 0.4) is 0 Å². The van der Waals surface area contributed by atoms with Crippen molar-refractivity contribution in [2.75, 3.05) is 19.6 Å². The number of piperazine rings is 1. The van der Waals surface area contributed by atoms with Gasteiger partial charge in [0.1, 0.15) is 11.8 Å². The van der Waals surface area contributed by atoms with E-state index in [9.17, 15) is 14.4 Å². The van der Waals surface area contributed by atoms with Crippen LogP contribution in [0.2, 0.25) is 0 Å². The Morgan fingerprint density at radius 3 is 2.68 bits per heavy atom. The first-order valence-corrected chi connectivity index (χ1v) is 7.28. The highest BCUT2D eigenvalue weighted by atomic mass is 16.2. The molecule has 2 aliphatic heterocycles. The average Bonchev–Trinajstić information content (AvgIpc) is 3.01. The molecule has 1 aliphatic carbocycles. The lowest BCUT2D eigenvalue weighted by Gasteiger charge is -2.36. The van der Waals surface area contributed by atoms with Gasteiger partial charge in [0.2, 0.25) is 11.8 Å². The van der Waals surface area contributed by atoms with E-state index >= 15 is 0 Å². The van der Waals surface area contributed by atoms with E-state index < -0.39 is 0 Å². The summed E-state index contributed by atoms with van der Waals surface area (Å²) in [4.78, 5) is 39.2. The maximum absolute atomic E-state index is 12.3. The van der Waals surface area contributed by atoms with Gasteiger partial charge in [-0.25, -0.2) is 0 Å². The van der Waals surface area contributed by atoms with Crippen molar-refractivity contribution in [2.45, 2.75) is 44.6 Å². The molecule has 0 aromatic heterocycles. The van der Waals surface area contributed by atoms with Crippen molar-refractivity contribution in [3.63, 3.8) is 0 Å². The fraction of sp³-hybridized carbons (Fsp3) is 0.786. The van der Waals surface area contributed by atoms with Crippen LogP contribution in [0.5, 0.6) is 0 Å². The van der Waals surface area contributed by atoms with Crippen LogP contribution in [0.25, 0.3) is 0 Å². The molecule has 5 heteroatoms. The van der Waals surface area contributed by atoms with Crippen LogP contribution in [-0.2, 0) is 14.4 Å². The van der Waals surface area contributed by atoms with Crippen molar-refractivity contribution in [1.29, 1.82) is 0 Å². The Bertz CT molecular complexity index is 421. The summed E-state index contributed by atoms with van der Waals surface area (Å²) >= 11 is 0. The monoisotopic (exact) mass is 264 g/mol. The second-order valence-corrected chi connectivity index (χ2v) is 5.85. The Kier molecular flexibility index (Phi) is 3.29. The molecule has 0 spiro atoms. The zero-order valence-corrected chi connectivity index (χ0v) is 11.1. The summed E-state index contributed by atoms with van der Waals surface area (Å²) in [5.74, 6) is 0.602. The number of carbonyl (C=O) groups is 3. The lowest BCUT2D eigenvalue weighted by atomic mass is 10.0. The number of fused-ring (bicyclic) bond motifs is 1. The zero-order chi connectivity index (χ0) is 13.4. The van der Waals surface area contributed by atoms with Crippen LogP contribution in [0.1, 0.15) is 38.5 Å². The number of Topliss-reactive ketones (excluding diaryl/α,β-unsaturated/α-hetero) is 1. The number of hydrogen-bond acceptors (Lipinski definition) is 3. The molecule has 3 fully saturated rings. The van der Waals surface area contributed by atoms with Gasteiger partial charge in [-0.1, -0.05) is 0 Å². The smallest absolute Gasteiger partial charge is 0.245 e. The highest BCUT2D eigenvalue weighted by Gasteiger charge is 2.41. The van der Waals surface area contributed by atoms with Gasteiger partial charge in [-0.2, -0.15) is 0 Å². The molecular weight excluding hydrogens is 244 g/mol. The number of carbonyl (C=O) groups excluding carboxylic acids is 3. The van der Waals surface area contributed by atoms with Gasteiger partial charge in [-0.15, -0.1) is 0 Å². The Morgan fingerprint density at radius 2 is 1.95 bits per heavy atom. The highest BCUT2D eigenvalue weighted by Crippen LogP contribution is 2.27. The standard InChI is InChI=1S/C14H20N2O3/c17-12-5-1-3-10(12)6-8-15-9-13(18)16-7-2-4-11(16)14(15)19/h10-11H,1-9H2. The summed E-state index contributed by atoms with van der Waals surface area (Å²) in [6.45, 7) is 1.49. The third-order valence-electron chi connectivity index (χ3n) is 4.67. The molecule has 2 atom stereocenters. The number of ketones is 1. The molecular formula is C14H20N2O3. The third-order valence-corrected chi connectivity index (χ3v) is 4.67. The summed E-state index contributed by atoms with van der Waals surface area (Å²) in [5, 5.41) is 0. The number of nitrogens with zero attached hydrogens (tertiary/aromatic N) is 2. The second-order valence-electron chi connectivity index (χ2n) is 5.85. The van der Waals surface area contributed by atoms with Gasteiger partial charge in [0.15, 0.2) is 0 Å². The van der Waals surface area contributed by atoms with E-state index in [0.717, 1.165) is 38.6 Å². The van der Waals surface area contributed by atoms with Crippen LogP contribution < -0.4 is 0 Å². The van der Waals surface area contributed by atoms with Crippen LogP contribution in [0.15, 0.2) is 0 Å². The van der Waals surface area contributed by atoms with Crippen LogP contribution >= 0.6 is 0 Å². The summed E-state index contributed by atoms with van der Waals surface area (Å²) < 4.78 is 0. The first-order valence-electron chi connectivity index (χ1n) is 7.28. The van der Waals surface area contributed by atoms with Crippen LogP contribution in [0, 0.1) is 5.92 Å². The SMILES string of the molecule is O=C1CCCC1CCN1CC(=O)N2CCCC2C1=O. The molecule has 0 radical (unpaired) electrons. The first kappa shape index (κ1) is 12.6. The van der Waals surface area contributed by atoms with Gasteiger partial charge in [-0.3, -0.25) is 14.4 Å². The molecule has 3 rings (SSSR count). The quantitative estimate of drug-likeness (QED) is 0.749. The second kappa shape index (κ2) is 4.94. The van der Waals surface area contributed by atoms with E-state index in [-0.39, 0.29) is 30.3 Å². The predicted molar refractivity (Wildman–Crippen MR) is 68.3 cm³/mol. The van der Waals surface area contributed by atoms with E-state index in [2.05, 4.69) is 0 Å². The maximum atomic E-state index is 12.3. The molecule has 19 heavy (non-hydrogen) atoms. The van der Waals surface area contributed by atoms with Crippen molar-refractivity contribution in [3.8, 4) is 0 Å². The van der Waals surface area contributed by atoms with Gasteiger partial charge in [0, 0.05) is 25.4 Å². The van der Waals surface area contributed by atoms with Gasteiger partial charge in [0.05, 0.1) is 6.54 Å². The molecule has 1 saturated carbocycles. The number of hydrogen-bond donors (Lipinski definition) is 0. The minimum atomic E-state index is -0.222. The van der Waals surface area contributed by atoms with Crippen LogP contribution in [-0.4, -0.2) is 53.1 Å². The van der Waals surface area contributed by atoms with Gasteiger partial charge in [0.25, 0.3) is 0 Å². The summed E-state index contributed by atoms with van der Waals surface area (Å²) in [6.07, 6.45) is 5.07. The summed E-state index contributed by atoms with van der Waals surface area (Å²) in [6, 6.07) is -0.222. The lowest BCUT2D eigenvalue weighted by Crippen LogP contribution is -2.57. The molecule has 5 nitrogen and oxygen atoms in total. The van der Waals surface area contributed by atoms with Crippen molar-refractivity contribution in [2.24, 2.45) is 5.92 Å².